The van der Waals surface area contributed by atoms with Crippen LogP contribution in [0.2, 0.25) is 0 Å². The molecule has 0 unspecified atom stereocenters. The predicted octanol–water partition coefficient (Wildman–Crippen LogP) is 2.58. The number of rotatable bonds is 2. The second kappa shape index (κ2) is 5.43. The van der Waals surface area contributed by atoms with Crippen molar-refractivity contribution in [3.8, 4) is 11.5 Å². The lowest BCUT2D eigenvalue weighted by Gasteiger charge is -2.32. The van der Waals surface area contributed by atoms with E-state index < -0.39 is 0 Å². The maximum Gasteiger partial charge on any atom is 0.250 e. The summed E-state index contributed by atoms with van der Waals surface area (Å²) in [4.78, 5) is 6.60. The highest BCUT2D eigenvalue weighted by Crippen LogP contribution is 2.30. The maximum atomic E-state index is 5.91. The van der Waals surface area contributed by atoms with Gasteiger partial charge in [-0.2, -0.15) is 0 Å². The molecule has 0 bridgehead atoms. The van der Waals surface area contributed by atoms with E-state index in [4.69, 9.17) is 13.6 Å². The van der Waals surface area contributed by atoms with E-state index in [0.717, 1.165) is 24.2 Å². The molecule has 4 rings (SSSR count). The fourth-order valence-corrected chi connectivity index (χ4v) is 3.00. The smallest absolute Gasteiger partial charge is 0.250 e. The Bertz CT molecular complexity index is 831. The zero-order valence-electron chi connectivity index (χ0n) is 13.3. The average molecular weight is 314 g/mol. The van der Waals surface area contributed by atoms with Gasteiger partial charge in [0.05, 0.1) is 11.7 Å². The van der Waals surface area contributed by atoms with Gasteiger partial charge in [0, 0.05) is 20.0 Å². The number of fused-ring (bicyclic) bond motifs is 1. The number of aryl methyl sites for hydroxylation is 1. The first-order valence-corrected chi connectivity index (χ1v) is 7.64. The number of aromatic nitrogens is 3. The van der Waals surface area contributed by atoms with Gasteiger partial charge in [0.1, 0.15) is 11.6 Å². The van der Waals surface area contributed by atoms with Crippen LogP contribution in [0.25, 0.3) is 22.6 Å². The highest BCUT2D eigenvalue weighted by Gasteiger charge is 2.29. The van der Waals surface area contributed by atoms with Gasteiger partial charge < -0.3 is 18.5 Å². The van der Waals surface area contributed by atoms with Crippen LogP contribution in [0.1, 0.15) is 24.8 Å². The Labute approximate surface area is 133 Å². The van der Waals surface area contributed by atoms with Crippen LogP contribution < -0.4 is 0 Å². The Morgan fingerprint density at radius 2 is 2.04 bits per heavy atom. The normalized spacial score (nSPS) is 22.7. The molecule has 3 aromatic rings. The van der Waals surface area contributed by atoms with Crippen molar-refractivity contribution < 1.29 is 13.6 Å². The molecule has 0 spiro atoms. The van der Waals surface area contributed by atoms with Crippen molar-refractivity contribution >= 4 is 11.1 Å². The van der Waals surface area contributed by atoms with E-state index in [1.54, 1.807) is 0 Å². The number of nitrogens with zero attached hydrogens (tertiary/aromatic N) is 4. The standard InChI is InChI=1S/C16H18N4O3/c1-9-7-20(3)8-13(21-9)16-19-18-15(23-16)11-5-4-6-12-14(11)17-10(2)22-12/h4-6,9,13H,7-8H2,1-3H3/t9-,13-/m1/s1. The molecule has 2 atom stereocenters. The molecule has 7 heteroatoms. The molecule has 2 aromatic heterocycles. The highest BCUT2D eigenvalue weighted by molar-refractivity contribution is 5.88. The minimum Gasteiger partial charge on any atom is -0.441 e. The summed E-state index contributed by atoms with van der Waals surface area (Å²) >= 11 is 0. The largest absolute Gasteiger partial charge is 0.441 e. The summed E-state index contributed by atoms with van der Waals surface area (Å²) in [6.07, 6.45) is -0.0704. The number of hydrogen-bond acceptors (Lipinski definition) is 7. The summed E-state index contributed by atoms with van der Waals surface area (Å²) in [5, 5.41) is 8.35. The number of likely N-dealkylation sites (N-methyl/N-ethyl adjacent to an activating group) is 1. The predicted molar refractivity (Wildman–Crippen MR) is 82.8 cm³/mol. The zero-order chi connectivity index (χ0) is 16.0. The molecule has 1 saturated heterocycles. The van der Waals surface area contributed by atoms with E-state index in [1.165, 1.54) is 0 Å². The van der Waals surface area contributed by atoms with Crippen LogP contribution in [-0.2, 0) is 4.74 Å². The third-order valence-corrected chi connectivity index (χ3v) is 3.92. The number of para-hydroxylation sites is 1. The van der Waals surface area contributed by atoms with E-state index >= 15 is 0 Å². The fraction of sp³-hybridized carbons (Fsp3) is 0.438. The van der Waals surface area contributed by atoms with E-state index in [0.29, 0.717) is 23.3 Å². The second-order valence-electron chi connectivity index (χ2n) is 5.99. The molecule has 0 amide bonds. The van der Waals surface area contributed by atoms with Gasteiger partial charge in [0.25, 0.3) is 0 Å². The topological polar surface area (TPSA) is 77.4 Å². The van der Waals surface area contributed by atoms with Crippen molar-refractivity contribution in [1.29, 1.82) is 0 Å². The van der Waals surface area contributed by atoms with Crippen LogP contribution in [0.4, 0.5) is 0 Å². The number of morpholine rings is 1. The first-order valence-electron chi connectivity index (χ1n) is 7.64. The van der Waals surface area contributed by atoms with Crippen molar-refractivity contribution in [3.63, 3.8) is 0 Å². The molecule has 0 aliphatic carbocycles. The Kier molecular flexibility index (Phi) is 3.39. The maximum absolute atomic E-state index is 5.91. The van der Waals surface area contributed by atoms with E-state index in [-0.39, 0.29) is 12.2 Å². The van der Waals surface area contributed by atoms with Crippen molar-refractivity contribution in [3.05, 3.63) is 30.0 Å². The van der Waals surface area contributed by atoms with Crippen LogP contribution in [0.3, 0.4) is 0 Å². The summed E-state index contributed by atoms with van der Waals surface area (Å²) in [6, 6.07) is 5.66. The van der Waals surface area contributed by atoms with Gasteiger partial charge in [0.2, 0.25) is 11.8 Å². The first-order chi connectivity index (χ1) is 11.1. The molecule has 0 saturated carbocycles. The summed E-state index contributed by atoms with van der Waals surface area (Å²) in [6.45, 7) is 5.49. The molecule has 0 radical (unpaired) electrons. The summed E-state index contributed by atoms with van der Waals surface area (Å²) < 4.78 is 17.3. The van der Waals surface area contributed by atoms with Crippen molar-refractivity contribution in [2.24, 2.45) is 0 Å². The molecule has 3 heterocycles. The van der Waals surface area contributed by atoms with Crippen molar-refractivity contribution in [2.45, 2.75) is 26.1 Å². The minimum absolute atomic E-state index is 0.135. The lowest BCUT2D eigenvalue weighted by molar-refractivity contribution is -0.0821. The Balaban J connectivity index is 1.69. The molecule has 1 fully saturated rings. The number of hydrogen-bond donors (Lipinski definition) is 0. The first kappa shape index (κ1) is 14.3. The van der Waals surface area contributed by atoms with Gasteiger partial charge in [-0.3, -0.25) is 0 Å². The average Bonchev–Trinajstić information content (AvgIpc) is 3.11. The third kappa shape index (κ3) is 2.62. The lowest BCUT2D eigenvalue weighted by Crippen LogP contribution is -2.40. The van der Waals surface area contributed by atoms with Crippen LogP contribution in [0.15, 0.2) is 27.0 Å². The molecule has 23 heavy (non-hydrogen) atoms. The fourth-order valence-electron chi connectivity index (χ4n) is 3.00. The van der Waals surface area contributed by atoms with Gasteiger partial charge >= 0.3 is 0 Å². The quantitative estimate of drug-likeness (QED) is 0.719. The van der Waals surface area contributed by atoms with Crippen molar-refractivity contribution in [2.75, 3.05) is 20.1 Å². The van der Waals surface area contributed by atoms with Gasteiger partial charge in [-0.15, -0.1) is 10.2 Å². The SMILES string of the molecule is Cc1nc2c(-c3nnc([C@H]4CN(C)C[C@@H](C)O4)o3)cccc2o1. The molecule has 1 aliphatic rings. The summed E-state index contributed by atoms with van der Waals surface area (Å²) in [5.74, 6) is 1.54. The monoisotopic (exact) mass is 314 g/mol. The second-order valence-corrected chi connectivity index (χ2v) is 5.99. The van der Waals surface area contributed by atoms with Crippen LogP contribution >= 0.6 is 0 Å². The number of ether oxygens (including phenoxy) is 1. The highest BCUT2D eigenvalue weighted by atomic mass is 16.5. The van der Waals surface area contributed by atoms with Crippen LogP contribution in [0.5, 0.6) is 0 Å². The molecule has 1 aromatic carbocycles. The van der Waals surface area contributed by atoms with E-state index in [9.17, 15) is 0 Å². The Morgan fingerprint density at radius 3 is 2.87 bits per heavy atom. The number of oxazole rings is 1. The molecule has 7 nitrogen and oxygen atoms in total. The third-order valence-electron chi connectivity index (χ3n) is 3.92. The molecular weight excluding hydrogens is 296 g/mol. The summed E-state index contributed by atoms with van der Waals surface area (Å²) in [5.41, 5.74) is 2.22. The molecule has 120 valence electrons. The Morgan fingerprint density at radius 1 is 1.17 bits per heavy atom. The minimum atomic E-state index is -0.205. The van der Waals surface area contributed by atoms with Gasteiger partial charge in [-0.1, -0.05) is 6.07 Å². The zero-order valence-corrected chi connectivity index (χ0v) is 13.3. The van der Waals surface area contributed by atoms with E-state index in [2.05, 4.69) is 27.1 Å². The molecular formula is C16H18N4O3. The van der Waals surface area contributed by atoms with Crippen molar-refractivity contribution in [1.82, 2.24) is 20.1 Å². The van der Waals surface area contributed by atoms with Gasteiger partial charge in [0.15, 0.2) is 11.5 Å². The lowest BCUT2D eigenvalue weighted by atomic mass is 10.2. The van der Waals surface area contributed by atoms with Crippen LogP contribution in [0, 0.1) is 6.92 Å². The van der Waals surface area contributed by atoms with Gasteiger partial charge in [-0.05, 0) is 26.1 Å². The summed E-state index contributed by atoms with van der Waals surface area (Å²) in [7, 11) is 2.06. The number of benzene rings is 1. The van der Waals surface area contributed by atoms with E-state index in [1.807, 2.05) is 32.0 Å². The molecule has 0 N–H and O–H groups in total. The Hall–Kier alpha value is -2.25. The van der Waals surface area contributed by atoms with Gasteiger partial charge in [-0.25, -0.2) is 4.98 Å². The molecule has 1 aliphatic heterocycles. The van der Waals surface area contributed by atoms with Crippen LogP contribution in [-0.4, -0.2) is 46.3 Å².